The number of halogens is 1. The zero-order chi connectivity index (χ0) is 13.0. The number of benzene rings is 1. The summed E-state index contributed by atoms with van der Waals surface area (Å²) in [7, 11) is 0. The van der Waals surface area contributed by atoms with Crippen molar-refractivity contribution in [1.82, 2.24) is 4.90 Å². The minimum Gasteiger partial charge on any atom is -0.339 e. The molecular weight excluding hydrogens is 290 g/mol. The van der Waals surface area contributed by atoms with E-state index in [1.807, 2.05) is 35.2 Å². The molecule has 1 atom stereocenters. The van der Waals surface area contributed by atoms with Crippen LogP contribution in [0.3, 0.4) is 0 Å². The zero-order valence-corrected chi connectivity index (χ0v) is 12.2. The molecule has 0 N–H and O–H groups in total. The highest BCUT2D eigenvalue weighted by Crippen LogP contribution is 2.16. The molecule has 1 saturated heterocycles. The molecule has 2 rings (SSSR count). The Labute approximate surface area is 117 Å². The average molecular weight is 308 g/mol. The molecule has 0 aromatic heterocycles. The molecule has 1 aromatic rings. The predicted octanol–water partition coefficient (Wildman–Crippen LogP) is 3.72. The molecule has 1 aliphatic heterocycles. The van der Waals surface area contributed by atoms with E-state index in [9.17, 15) is 4.79 Å². The average Bonchev–Trinajstić information content (AvgIpc) is 2.38. The number of likely N-dealkylation sites (tertiary alicyclic amines) is 1. The van der Waals surface area contributed by atoms with E-state index in [-0.39, 0.29) is 5.91 Å². The van der Waals surface area contributed by atoms with Gasteiger partial charge in [0.05, 0.1) is 0 Å². The fourth-order valence-corrected chi connectivity index (χ4v) is 2.50. The third-order valence-electron chi connectivity index (χ3n) is 3.26. The van der Waals surface area contributed by atoms with Crippen molar-refractivity contribution in [3.05, 3.63) is 40.4 Å². The van der Waals surface area contributed by atoms with Gasteiger partial charge in [0.25, 0.3) is 0 Å². The van der Waals surface area contributed by atoms with Crippen molar-refractivity contribution >= 4 is 27.9 Å². The Hall–Kier alpha value is -1.09. The molecule has 18 heavy (non-hydrogen) atoms. The van der Waals surface area contributed by atoms with Gasteiger partial charge >= 0.3 is 0 Å². The maximum Gasteiger partial charge on any atom is 0.246 e. The topological polar surface area (TPSA) is 20.3 Å². The molecule has 0 saturated carbocycles. The van der Waals surface area contributed by atoms with E-state index in [0.717, 1.165) is 29.5 Å². The van der Waals surface area contributed by atoms with Gasteiger partial charge in [-0.2, -0.15) is 0 Å². The Morgan fingerprint density at radius 2 is 2.11 bits per heavy atom. The van der Waals surface area contributed by atoms with Crippen LogP contribution >= 0.6 is 15.9 Å². The lowest BCUT2D eigenvalue weighted by molar-refractivity contribution is -0.127. The Bertz CT molecular complexity index is 438. The van der Waals surface area contributed by atoms with Crippen LogP contribution in [0, 0.1) is 5.92 Å². The highest BCUT2D eigenvalue weighted by molar-refractivity contribution is 9.10. The summed E-state index contributed by atoms with van der Waals surface area (Å²) >= 11 is 3.40. The van der Waals surface area contributed by atoms with Crippen LogP contribution in [-0.4, -0.2) is 23.9 Å². The minimum absolute atomic E-state index is 0.129. The predicted molar refractivity (Wildman–Crippen MR) is 78.2 cm³/mol. The minimum atomic E-state index is 0.129. The van der Waals surface area contributed by atoms with Gasteiger partial charge in [0, 0.05) is 23.6 Å². The number of piperidine rings is 1. The van der Waals surface area contributed by atoms with E-state index < -0.39 is 0 Å². The Kier molecular flexibility index (Phi) is 4.59. The van der Waals surface area contributed by atoms with Crippen LogP contribution < -0.4 is 0 Å². The van der Waals surface area contributed by atoms with Gasteiger partial charge in [-0.3, -0.25) is 4.79 Å². The summed E-state index contributed by atoms with van der Waals surface area (Å²) in [6.07, 6.45) is 5.93. The Morgan fingerprint density at radius 3 is 2.78 bits per heavy atom. The van der Waals surface area contributed by atoms with Crippen LogP contribution in [0.5, 0.6) is 0 Å². The standard InChI is InChI=1S/C15H18BrNO/c1-12-3-2-10-17(11-12)15(18)9-6-13-4-7-14(16)8-5-13/h4-9,12H,2-3,10-11H2,1H3/b9-6+. The molecule has 1 aromatic carbocycles. The molecular formula is C15H18BrNO. The molecule has 2 nitrogen and oxygen atoms in total. The van der Waals surface area contributed by atoms with Gasteiger partial charge in [-0.25, -0.2) is 0 Å². The lowest BCUT2D eigenvalue weighted by Gasteiger charge is -2.30. The third-order valence-corrected chi connectivity index (χ3v) is 3.79. The van der Waals surface area contributed by atoms with Crippen LogP contribution in [0.2, 0.25) is 0 Å². The second-order valence-electron chi connectivity index (χ2n) is 4.92. The van der Waals surface area contributed by atoms with Gasteiger partial charge < -0.3 is 4.90 Å². The van der Waals surface area contributed by atoms with Gasteiger partial charge in [-0.05, 0) is 42.5 Å². The lowest BCUT2D eigenvalue weighted by atomic mass is 10.0. The summed E-state index contributed by atoms with van der Waals surface area (Å²) in [6, 6.07) is 7.94. The quantitative estimate of drug-likeness (QED) is 0.763. The summed E-state index contributed by atoms with van der Waals surface area (Å²) in [5.74, 6) is 0.758. The number of hydrogen-bond donors (Lipinski definition) is 0. The Morgan fingerprint density at radius 1 is 1.39 bits per heavy atom. The first-order chi connectivity index (χ1) is 8.65. The normalized spacial score (nSPS) is 20.3. The van der Waals surface area contributed by atoms with Crippen molar-refractivity contribution in [3.8, 4) is 0 Å². The highest BCUT2D eigenvalue weighted by atomic mass is 79.9. The van der Waals surface area contributed by atoms with Crippen molar-refractivity contribution in [2.75, 3.05) is 13.1 Å². The molecule has 0 radical (unpaired) electrons. The number of nitrogens with zero attached hydrogens (tertiary/aromatic N) is 1. The van der Waals surface area contributed by atoms with E-state index in [2.05, 4.69) is 22.9 Å². The van der Waals surface area contributed by atoms with Crippen molar-refractivity contribution in [3.63, 3.8) is 0 Å². The molecule has 96 valence electrons. The van der Waals surface area contributed by atoms with Crippen molar-refractivity contribution in [2.45, 2.75) is 19.8 Å². The molecule has 1 unspecified atom stereocenters. The van der Waals surface area contributed by atoms with Gasteiger partial charge in [0.2, 0.25) is 5.91 Å². The molecule has 3 heteroatoms. The van der Waals surface area contributed by atoms with Crippen LogP contribution in [0.1, 0.15) is 25.3 Å². The second kappa shape index (κ2) is 6.19. The molecule has 1 fully saturated rings. The summed E-state index contributed by atoms with van der Waals surface area (Å²) < 4.78 is 1.05. The van der Waals surface area contributed by atoms with E-state index in [1.54, 1.807) is 6.08 Å². The molecule has 0 bridgehead atoms. The highest BCUT2D eigenvalue weighted by Gasteiger charge is 2.18. The van der Waals surface area contributed by atoms with Crippen molar-refractivity contribution in [2.24, 2.45) is 5.92 Å². The SMILES string of the molecule is CC1CCCN(C(=O)/C=C/c2ccc(Br)cc2)C1. The summed E-state index contributed by atoms with van der Waals surface area (Å²) in [5, 5.41) is 0. The maximum absolute atomic E-state index is 12.0. The third kappa shape index (κ3) is 3.70. The molecule has 1 amide bonds. The number of hydrogen-bond acceptors (Lipinski definition) is 1. The molecule has 1 aliphatic rings. The summed E-state index contributed by atoms with van der Waals surface area (Å²) in [5.41, 5.74) is 1.05. The largest absolute Gasteiger partial charge is 0.339 e. The second-order valence-corrected chi connectivity index (χ2v) is 5.83. The van der Waals surface area contributed by atoms with Crippen LogP contribution in [-0.2, 0) is 4.79 Å². The van der Waals surface area contributed by atoms with E-state index >= 15 is 0 Å². The first-order valence-corrected chi connectivity index (χ1v) is 7.17. The van der Waals surface area contributed by atoms with E-state index in [0.29, 0.717) is 5.92 Å². The van der Waals surface area contributed by atoms with Gasteiger partial charge in [0.1, 0.15) is 0 Å². The van der Waals surface area contributed by atoms with Crippen LogP contribution in [0.15, 0.2) is 34.8 Å². The smallest absolute Gasteiger partial charge is 0.246 e. The monoisotopic (exact) mass is 307 g/mol. The number of carbonyl (C=O) groups excluding carboxylic acids is 1. The van der Waals surface area contributed by atoms with Crippen LogP contribution in [0.25, 0.3) is 6.08 Å². The fourth-order valence-electron chi connectivity index (χ4n) is 2.24. The number of amides is 1. The first-order valence-electron chi connectivity index (χ1n) is 6.38. The van der Waals surface area contributed by atoms with Crippen molar-refractivity contribution in [1.29, 1.82) is 0 Å². The maximum atomic E-state index is 12.0. The Balaban J connectivity index is 1.96. The van der Waals surface area contributed by atoms with Crippen LogP contribution in [0.4, 0.5) is 0 Å². The van der Waals surface area contributed by atoms with Gasteiger partial charge in [-0.1, -0.05) is 35.0 Å². The summed E-state index contributed by atoms with van der Waals surface area (Å²) in [4.78, 5) is 14.0. The lowest BCUT2D eigenvalue weighted by Crippen LogP contribution is -2.38. The zero-order valence-electron chi connectivity index (χ0n) is 10.6. The fraction of sp³-hybridized carbons (Fsp3) is 0.400. The molecule has 0 spiro atoms. The molecule has 1 heterocycles. The van der Waals surface area contributed by atoms with Crippen molar-refractivity contribution < 1.29 is 4.79 Å². The summed E-state index contributed by atoms with van der Waals surface area (Å²) in [6.45, 7) is 4.00. The van der Waals surface area contributed by atoms with E-state index in [4.69, 9.17) is 0 Å². The van der Waals surface area contributed by atoms with Gasteiger partial charge in [-0.15, -0.1) is 0 Å². The van der Waals surface area contributed by atoms with E-state index in [1.165, 1.54) is 6.42 Å². The molecule has 0 aliphatic carbocycles. The number of carbonyl (C=O) groups is 1. The number of rotatable bonds is 2. The first kappa shape index (κ1) is 13.3. The van der Waals surface area contributed by atoms with Gasteiger partial charge in [0.15, 0.2) is 0 Å².